The molecule has 0 unspecified atom stereocenters. The maximum atomic E-state index is 5.96. The minimum Gasteiger partial charge on any atom is -0.493 e. The molecule has 1 aliphatic heterocycles. The lowest BCUT2D eigenvalue weighted by atomic mass is 10.1. The van der Waals surface area contributed by atoms with Crippen LogP contribution in [0.1, 0.15) is 18.4 Å². The molecule has 0 bridgehead atoms. The van der Waals surface area contributed by atoms with E-state index < -0.39 is 0 Å². The van der Waals surface area contributed by atoms with E-state index in [0.717, 1.165) is 43.1 Å². The normalized spacial score (nSPS) is 16.6. The van der Waals surface area contributed by atoms with E-state index in [1.807, 2.05) is 18.2 Å². The SMILES string of the molecule is COc1ccc(CON)cc1OC1CCOCC1. The van der Waals surface area contributed by atoms with Crippen molar-refractivity contribution in [2.75, 3.05) is 20.3 Å². The molecule has 2 rings (SSSR count). The summed E-state index contributed by atoms with van der Waals surface area (Å²) in [7, 11) is 1.63. The van der Waals surface area contributed by atoms with Gasteiger partial charge in [-0.1, -0.05) is 6.07 Å². The van der Waals surface area contributed by atoms with Crippen LogP contribution < -0.4 is 15.4 Å². The molecule has 0 aliphatic carbocycles. The van der Waals surface area contributed by atoms with E-state index in [1.54, 1.807) is 7.11 Å². The second kappa shape index (κ2) is 6.58. The van der Waals surface area contributed by atoms with Crippen LogP contribution in [0.5, 0.6) is 11.5 Å². The first-order chi connectivity index (χ1) is 8.83. The third kappa shape index (κ3) is 3.35. The first kappa shape index (κ1) is 13.1. The smallest absolute Gasteiger partial charge is 0.161 e. The summed E-state index contributed by atoms with van der Waals surface area (Å²) in [4.78, 5) is 4.63. The fourth-order valence-corrected chi connectivity index (χ4v) is 1.97. The van der Waals surface area contributed by atoms with Gasteiger partial charge in [0.25, 0.3) is 0 Å². The Labute approximate surface area is 107 Å². The van der Waals surface area contributed by atoms with Gasteiger partial charge >= 0.3 is 0 Å². The molecule has 0 amide bonds. The predicted molar refractivity (Wildman–Crippen MR) is 66.4 cm³/mol. The number of rotatable bonds is 5. The topological polar surface area (TPSA) is 62.9 Å². The van der Waals surface area contributed by atoms with Gasteiger partial charge < -0.3 is 14.2 Å². The van der Waals surface area contributed by atoms with Crippen LogP contribution in [-0.4, -0.2) is 26.4 Å². The molecule has 1 aliphatic rings. The molecule has 1 saturated heterocycles. The monoisotopic (exact) mass is 253 g/mol. The average molecular weight is 253 g/mol. The second-order valence-corrected chi connectivity index (χ2v) is 4.23. The zero-order valence-corrected chi connectivity index (χ0v) is 10.6. The van der Waals surface area contributed by atoms with Crippen LogP contribution >= 0.6 is 0 Å². The van der Waals surface area contributed by atoms with Crippen molar-refractivity contribution in [3.63, 3.8) is 0 Å². The Morgan fingerprint density at radius 1 is 1.28 bits per heavy atom. The molecule has 1 fully saturated rings. The van der Waals surface area contributed by atoms with Crippen LogP contribution in [0.25, 0.3) is 0 Å². The van der Waals surface area contributed by atoms with E-state index in [9.17, 15) is 0 Å². The standard InChI is InChI=1S/C13H19NO4/c1-15-12-3-2-10(9-17-14)8-13(12)18-11-4-6-16-7-5-11/h2-3,8,11H,4-7,9,14H2,1H3. The van der Waals surface area contributed by atoms with Gasteiger partial charge in [-0.2, -0.15) is 0 Å². The van der Waals surface area contributed by atoms with Crippen molar-refractivity contribution in [3.05, 3.63) is 23.8 Å². The Morgan fingerprint density at radius 2 is 2.06 bits per heavy atom. The van der Waals surface area contributed by atoms with E-state index in [4.69, 9.17) is 20.1 Å². The zero-order valence-electron chi connectivity index (χ0n) is 10.6. The van der Waals surface area contributed by atoms with E-state index in [-0.39, 0.29) is 6.10 Å². The first-order valence-electron chi connectivity index (χ1n) is 6.06. The van der Waals surface area contributed by atoms with Crippen molar-refractivity contribution in [2.24, 2.45) is 5.90 Å². The van der Waals surface area contributed by atoms with Gasteiger partial charge in [0.1, 0.15) is 6.10 Å². The molecule has 0 spiro atoms. The molecule has 0 radical (unpaired) electrons. The van der Waals surface area contributed by atoms with Gasteiger partial charge in [0.05, 0.1) is 26.9 Å². The van der Waals surface area contributed by atoms with Crippen molar-refractivity contribution in [1.29, 1.82) is 0 Å². The Hall–Kier alpha value is -1.30. The van der Waals surface area contributed by atoms with Gasteiger partial charge in [-0.25, -0.2) is 5.90 Å². The highest BCUT2D eigenvalue weighted by atomic mass is 16.6. The quantitative estimate of drug-likeness (QED) is 0.808. The van der Waals surface area contributed by atoms with E-state index in [2.05, 4.69) is 4.84 Å². The number of nitrogens with two attached hydrogens (primary N) is 1. The average Bonchev–Trinajstić information content (AvgIpc) is 2.41. The zero-order chi connectivity index (χ0) is 12.8. The second-order valence-electron chi connectivity index (χ2n) is 4.23. The molecular formula is C13H19NO4. The van der Waals surface area contributed by atoms with Gasteiger partial charge in [-0.15, -0.1) is 0 Å². The molecule has 5 nitrogen and oxygen atoms in total. The third-order valence-electron chi connectivity index (χ3n) is 2.94. The molecule has 2 N–H and O–H groups in total. The summed E-state index contributed by atoms with van der Waals surface area (Å²) in [5, 5.41) is 0. The summed E-state index contributed by atoms with van der Waals surface area (Å²) in [6.45, 7) is 1.85. The van der Waals surface area contributed by atoms with Crippen LogP contribution in [0.3, 0.4) is 0 Å². The lowest BCUT2D eigenvalue weighted by molar-refractivity contribution is 0.0244. The van der Waals surface area contributed by atoms with Gasteiger partial charge in [0.15, 0.2) is 11.5 Å². The number of ether oxygens (including phenoxy) is 3. The van der Waals surface area contributed by atoms with Crippen LogP contribution in [0.2, 0.25) is 0 Å². The summed E-state index contributed by atoms with van der Waals surface area (Å²) >= 11 is 0. The molecule has 18 heavy (non-hydrogen) atoms. The molecule has 0 saturated carbocycles. The summed E-state index contributed by atoms with van der Waals surface area (Å²) < 4.78 is 16.6. The summed E-state index contributed by atoms with van der Waals surface area (Å²) in [6.07, 6.45) is 1.99. The van der Waals surface area contributed by atoms with E-state index >= 15 is 0 Å². The van der Waals surface area contributed by atoms with E-state index in [0.29, 0.717) is 6.61 Å². The third-order valence-corrected chi connectivity index (χ3v) is 2.94. The molecule has 1 aromatic carbocycles. The lowest BCUT2D eigenvalue weighted by Crippen LogP contribution is -2.26. The highest BCUT2D eigenvalue weighted by molar-refractivity contribution is 5.43. The molecule has 1 aromatic rings. The Kier molecular flexibility index (Phi) is 4.81. The van der Waals surface area contributed by atoms with Crippen molar-refractivity contribution < 1.29 is 19.0 Å². The van der Waals surface area contributed by atoms with Gasteiger partial charge in [0.2, 0.25) is 0 Å². The lowest BCUT2D eigenvalue weighted by Gasteiger charge is -2.24. The molecule has 0 atom stereocenters. The minimum absolute atomic E-state index is 0.182. The Morgan fingerprint density at radius 3 is 2.72 bits per heavy atom. The molecule has 0 aromatic heterocycles. The largest absolute Gasteiger partial charge is 0.493 e. The number of methoxy groups -OCH3 is 1. The molecule has 1 heterocycles. The maximum Gasteiger partial charge on any atom is 0.161 e. The van der Waals surface area contributed by atoms with Crippen LogP contribution in [0.4, 0.5) is 0 Å². The highest BCUT2D eigenvalue weighted by Crippen LogP contribution is 2.30. The molecule has 100 valence electrons. The van der Waals surface area contributed by atoms with Crippen molar-refractivity contribution in [1.82, 2.24) is 0 Å². The number of hydrogen-bond acceptors (Lipinski definition) is 5. The van der Waals surface area contributed by atoms with Crippen LogP contribution in [0.15, 0.2) is 18.2 Å². The molecule has 5 heteroatoms. The summed E-state index contributed by atoms with van der Waals surface area (Å²) in [5.41, 5.74) is 0.959. The number of hydrogen-bond donors (Lipinski definition) is 1. The van der Waals surface area contributed by atoms with E-state index in [1.165, 1.54) is 0 Å². The predicted octanol–water partition coefficient (Wildman–Crippen LogP) is 1.64. The fraction of sp³-hybridized carbons (Fsp3) is 0.538. The number of benzene rings is 1. The van der Waals surface area contributed by atoms with Gasteiger partial charge in [-0.3, -0.25) is 4.84 Å². The minimum atomic E-state index is 0.182. The van der Waals surface area contributed by atoms with Crippen LogP contribution in [-0.2, 0) is 16.2 Å². The fourth-order valence-electron chi connectivity index (χ4n) is 1.97. The van der Waals surface area contributed by atoms with Gasteiger partial charge in [0, 0.05) is 12.8 Å². The summed E-state index contributed by atoms with van der Waals surface area (Å²) in [5.74, 6) is 6.54. The van der Waals surface area contributed by atoms with Gasteiger partial charge in [-0.05, 0) is 17.7 Å². The summed E-state index contributed by atoms with van der Waals surface area (Å²) in [6, 6.07) is 5.67. The first-order valence-corrected chi connectivity index (χ1v) is 6.06. The van der Waals surface area contributed by atoms with Crippen molar-refractivity contribution in [3.8, 4) is 11.5 Å². The molecular weight excluding hydrogens is 234 g/mol. The van der Waals surface area contributed by atoms with Crippen LogP contribution in [0, 0.1) is 0 Å². The maximum absolute atomic E-state index is 5.96. The highest BCUT2D eigenvalue weighted by Gasteiger charge is 2.17. The Bertz CT molecular complexity index is 377. The van der Waals surface area contributed by atoms with Crippen molar-refractivity contribution >= 4 is 0 Å². The Balaban J connectivity index is 2.09. The van der Waals surface area contributed by atoms with Crippen molar-refractivity contribution in [2.45, 2.75) is 25.6 Å².